The lowest BCUT2D eigenvalue weighted by atomic mass is 10.0. The van der Waals surface area contributed by atoms with Crippen molar-refractivity contribution in [3.8, 4) is 0 Å². The standard InChI is InChI=1S/C13H20ClN3O3/c1-5-6-17-12(18)10(14)9(7-15-17)16-11(8(2)3)13(19)20-4/h7-8,11,16H,5-6H2,1-4H3. The molecular weight excluding hydrogens is 282 g/mol. The number of aryl methyl sites for hydroxylation is 1. The number of carbonyl (C=O) groups is 1. The van der Waals surface area contributed by atoms with Gasteiger partial charge in [-0.25, -0.2) is 9.48 Å². The van der Waals surface area contributed by atoms with Crippen molar-refractivity contribution in [3.05, 3.63) is 21.6 Å². The molecule has 7 heteroatoms. The average Bonchev–Trinajstić information content (AvgIpc) is 2.42. The van der Waals surface area contributed by atoms with Crippen LogP contribution >= 0.6 is 11.6 Å². The monoisotopic (exact) mass is 301 g/mol. The maximum atomic E-state index is 12.0. The maximum Gasteiger partial charge on any atom is 0.328 e. The largest absolute Gasteiger partial charge is 0.467 e. The van der Waals surface area contributed by atoms with Crippen LogP contribution in [-0.2, 0) is 16.1 Å². The Hall–Kier alpha value is -1.56. The van der Waals surface area contributed by atoms with Crippen LogP contribution in [0.25, 0.3) is 0 Å². The minimum Gasteiger partial charge on any atom is -0.467 e. The lowest BCUT2D eigenvalue weighted by Gasteiger charge is -2.21. The van der Waals surface area contributed by atoms with Gasteiger partial charge in [0.15, 0.2) is 0 Å². The molecule has 0 fully saturated rings. The van der Waals surface area contributed by atoms with Crippen LogP contribution in [0.3, 0.4) is 0 Å². The first-order valence-corrected chi connectivity index (χ1v) is 6.90. The van der Waals surface area contributed by atoms with Gasteiger partial charge < -0.3 is 10.1 Å². The highest BCUT2D eigenvalue weighted by Crippen LogP contribution is 2.19. The van der Waals surface area contributed by atoms with Crippen LogP contribution in [0.4, 0.5) is 5.69 Å². The molecule has 0 radical (unpaired) electrons. The van der Waals surface area contributed by atoms with Crippen LogP contribution in [0.1, 0.15) is 27.2 Å². The third kappa shape index (κ3) is 3.72. The molecule has 112 valence electrons. The van der Waals surface area contributed by atoms with Gasteiger partial charge in [0.2, 0.25) is 0 Å². The molecule has 1 atom stereocenters. The number of ether oxygens (including phenoxy) is 1. The van der Waals surface area contributed by atoms with Crippen molar-refractivity contribution in [2.45, 2.75) is 39.8 Å². The molecular formula is C13H20ClN3O3. The Morgan fingerprint density at radius 2 is 2.20 bits per heavy atom. The van der Waals surface area contributed by atoms with E-state index < -0.39 is 12.0 Å². The molecule has 0 spiro atoms. The molecule has 0 aliphatic carbocycles. The van der Waals surface area contributed by atoms with Crippen LogP contribution in [0.2, 0.25) is 5.02 Å². The SMILES string of the molecule is CCCn1ncc(NC(C(=O)OC)C(C)C)c(Cl)c1=O. The molecule has 1 aromatic heterocycles. The molecule has 0 bridgehead atoms. The van der Waals surface area contributed by atoms with Gasteiger partial charge in [-0.1, -0.05) is 32.4 Å². The number of esters is 1. The van der Waals surface area contributed by atoms with Crippen molar-refractivity contribution < 1.29 is 9.53 Å². The molecule has 0 aromatic carbocycles. The Balaban J connectivity index is 3.06. The first kappa shape index (κ1) is 16.5. The fraction of sp³-hybridized carbons (Fsp3) is 0.615. The number of halogens is 1. The minimum absolute atomic E-state index is 0.0170. The summed E-state index contributed by atoms with van der Waals surface area (Å²) in [5.41, 5.74) is -0.0287. The summed E-state index contributed by atoms with van der Waals surface area (Å²) < 4.78 is 6.03. The first-order chi connectivity index (χ1) is 9.42. The minimum atomic E-state index is -0.583. The van der Waals surface area contributed by atoms with E-state index in [4.69, 9.17) is 16.3 Å². The Labute approximate surface area is 123 Å². The number of anilines is 1. The number of carbonyl (C=O) groups excluding carboxylic acids is 1. The van der Waals surface area contributed by atoms with Crippen LogP contribution in [0.5, 0.6) is 0 Å². The predicted octanol–water partition coefficient (Wildman–Crippen LogP) is 1.92. The van der Waals surface area contributed by atoms with E-state index in [2.05, 4.69) is 10.4 Å². The number of nitrogens with one attached hydrogen (secondary N) is 1. The van der Waals surface area contributed by atoms with Crippen LogP contribution in [0.15, 0.2) is 11.0 Å². The van der Waals surface area contributed by atoms with E-state index >= 15 is 0 Å². The van der Waals surface area contributed by atoms with Gasteiger partial charge in [-0.3, -0.25) is 4.79 Å². The summed E-state index contributed by atoms with van der Waals surface area (Å²) in [5, 5.41) is 6.99. The highest BCUT2D eigenvalue weighted by Gasteiger charge is 2.24. The molecule has 0 saturated carbocycles. The molecule has 0 amide bonds. The van der Waals surface area contributed by atoms with Gasteiger partial charge in [-0.15, -0.1) is 0 Å². The summed E-state index contributed by atoms with van der Waals surface area (Å²) in [5.74, 6) is -0.426. The topological polar surface area (TPSA) is 73.2 Å². The third-order valence-corrected chi connectivity index (χ3v) is 3.22. The number of nitrogens with zero attached hydrogens (tertiary/aromatic N) is 2. The summed E-state index contributed by atoms with van der Waals surface area (Å²) in [7, 11) is 1.32. The number of hydrogen-bond donors (Lipinski definition) is 1. The molecule has 1 aromatic rings. The summed E-state index contributed by atoms with van der Waals surface area (Å²) >= 11 is 6.04. The summed E-state index contributed by atoms with van der Waals surface area (Å²) in [6.07, 6.45) is 2.24. The van der Waals surface area contributed by atoms with Gasteiger partial charge in [0.25, 0.3) is 5.56 Å². The molecule has 1 rings (SSSR count). The second-order valence-corrected chi connectivity index (χ2v) is 5.17. The van der Waals surface area contributed by atoms with Gasteiger partial charge in [0.1, 0.15) is 11.1 Å². The van der Waals surface area contributed by atoms with E-state index in [9.17, 15) is 9.59 Å². The van der Waals surface area contributed by atoms with Gasteiger partial charge in [0, 0.05) is 6.54 Å². The van der Waals surface area contributed by atoms with E-state index in [-0.39, 0.29) is 16.5 Å². The highest BCUT2D eigenvalue weighted by atomic mass is 35.5. The lowest BCUT2D eigenvalue weighted by molar-refractivity contribution is -0.142. The van der Waals surface area contributed by atoms with E-state index in [1.807, 2.05) is 20.8 Å². The lowest BCUT2D eigenvalue weighted by Crippen LogP contribution is -2.36. The normalized spacial score (nSPS) is 12.3. The zero-order valence-corrected chi connectivity index (χ0v) is 12.9. The van der Waals surface area contributed by atoms with Crippen LogP contribution in [0, 0.1) is 5.92 Å². The quantitative estimate of drug-likeness (QED) is 0.813. The average molecular weight is 302 g/mol. The summed E-state index contributed by atoms with van der Waals surface area (Å²) in [6.45, 7) is 6.19. The second-order valence-electron chi connectivity index (χ2n) is 4.79. The Morgan fingerprint density at radius 1 is 1.55 bits per heavy atom. The predicted molar refractivity (Wildman–Crippen MR) is 78.1 cm³/mol. The first-order valence-electron chi connectivity index (χ1n) is 6.52. The van der Waals surface area contributed by atoms with E-state index in [0.29, 0.717) is 12.2 Å². The Bertz CT molecular complexity index is 528. The van der Waals surface area contributed by atoms with Crippen molar-refractivity contribution in [1.82, 2.24) is 9.78 Å². The van der Waals surface area contributed by atoms with Gasteiger partial charge in [0.05, 0.1) is 19.0 Å². The fourth-order valence-corrected chi connectivity index (χ4v) is 1.93. The van der Waals surface area contributed by atoms with Gasteiger partial charge >= 0.3 is 5.97 Å². The van der Waals surface area contributed by atoms with Gasteiger partial charge in [-0.2, -0.15) is 5.10 Å². The van der Waals surface area contributed by atoms with Crippen molar-refractivity contribution in [2.75, 3.05) is 12.4 Å². The zero-order chi connectivity index (χ0) is 15.3. The number of hydrogen-bond acceptors (Lipinski definition) is 5. The number of methoxy groups -OCH3 is 1. The highest BCUT2D eigenvalue weighted by molar-refractivity contribution is 6.33. The zero-order valence-electron chi connectivity index (χ0n) is 12.1. The molecule has 6 nitrogen and oxygen atoms in total. The van der Waals surface area contributed by atoms with Crippen molar-refractivity contribution in [3.63, 3.8) is 0 Å². The Morgan fingerprint density at radius 3 is 2.70 bits per heavy atom. The summed E-state index contributed by atoms with van der Waals surface area (Å²) in [6, 6.07) is -0.583. The number of aromatic nitrogens is 2. The molecule has 0 aliphatic rings. The Kier molecular flexibility index (Phi) is 6.01. The molecule has 0 aliphatic heterocycles. The van der Waals surface area contributed by atoms with Crippen LogP contribution < -0.4 is 10.9 Å². The second kappa shape index (κ2) is 7.28. The third-order valence-electron chi connectivity index (χ3n) is 2.85. The van der Waals surface area contributed by atoms with Crippen LogP contribution in [-0.4, -0.2) is 28.9 Å². The molecule has 0 saturated heterocycles. The summed E-state index contributed by atoms with van der Waals surface area (Å²) in [4.78, 5) is 23.7. The van der Waals surface area contributed by atoms with E-state index in [1.165, 1.54) is 18.0 Å². The fourth-order valence-electron chi connectivity index (χ4n) is 1.73. The molecule has 1 unspecified atom stereocenters. The van der Waals surface area contributed by atoms with E-state index in [0.717, 1.165) is 6.42 Å². The number of rotatable bonds is 6. The van der Waals surface area contributed by atoms with E-state index in [1.54, 1.807) is 0 Å². The maximum absolute atomic E-state index is 12.0. The van der Waals surface area contributed by atoms with Crippen molar-refractivity contribution in [2.24, 2.45) is 5.92 Å². The smallest absolute Gasteiger partial charge is 0.328 e. The van der Waals surface area contributed by atoms with Crippen molar-refractivity contribution in [1.29, 1.82) is 0 Å². The molecule has 1 heterocycles. The molecule has 1 N–H and O–H groups in total. The van der Waals surface area contributed by atoms with Crippen molar-refractivity contribution >= 4 is 23.3 Å². The van der Waals surface area contributed by atoms with Gasteiger partial charge in [-0.05, 0) is 12.3 Å². The molecule has 20 heavy (non-hydrogen) atoms.